The van der Waals surface area contributed by atoms with Gasteiger partial charge in [0.25, 0.3) is 10.0 Å². The molecule has 0 saturated heterocycles. The molecule has 0 aliphatic rings. The van der Waals surface area contributed by atoms with Gasteiger partial charge in [0.1, 0.15) is 12.6 Å². The van der Waals surface area contributed by atoms with Gasteiger partial charge < -0.3 is 10.2 Å². The van der Waals surface area contributed by atoms with E-state index >= 15 is 0 Å². The molecule has 1 atom stereocenters. The van der Waals surface area contributed by atoms with E-state index in [9.17, 15) is 18.0 Å². The average Bonchev–Trinajstić information content (AvgIpc) is 3.03. The van der Waals surface area contributed by atoms with Crippen molar-refractivity contribution in [1.82, 2.24) is 10.2 Å². The maximum Gasteiger partial charge on any atom is 0.264 e. The Kier molecular flexibility index (Phi) is 11.7. The third kappa shape index (κ3) is 8.25. The second-order valence-corrected chi connectivity index (χ2v) is 13.3. The van der Waals surface area contributed by atoms with Crippen LogP contribution in [0.15, 0.2) is 102 Å². The fourth-order valence-corrected chi connectivity index (χ4v) is 7.07. The number of carbonyl (C=O) groups is 2. The normalized spacial score (nSPS) is 11.9. The first-order valence-electron chi connectivity index (χ1n) is 14.8. The molecule has 0 radical (unpaired) electrons. The Hall–Kier alpha value is -3.85. The van der Waals surface area contributed by atoms with E-state index in [-0.39, 0.29) is 23.8 Å². The first-order chi connectivity index (χ1) is 21.6. The van der Waals surface area contributed by atoms with Crippen LogP contribution in [0.1, 0.15) is 36.1 Å². The minimum absolute atomic E-state index is 0.0528. The molecule has 236 valence electrons. The molecule has 1 N–H and O–H groups in total. The lowest BCUT2D eigenvalue weighted by molar-refractivity contribution is -0.140. The van der Waals surface area contributed by atoms with Gasteiger partial charge in [0.15, 0.2) is 0 Å². The summed E-state index contributed by atoms with van der Waals surface area (Å²) in [5.41, 5.74) is 3.34. The van der Waals surface area contributed by atoms with Gasteiger partial charge in [0.05, 0.1) is 10.6 Å². The van der Waals surface area contributed by atoms with Crippen molar-refractivity contribution in [2.24, 2.45) is 0 Å². The molecule has 0 aromatic heterocycles. The van der Waals surface area contributed by atoms with Crippen molar-refractivity contribution in [2.45, 2.75) is 51.1 Å². The molecule has 4 aromatic rings. The maximum atomic E-state index is 14.6. The lowest BCUT2D eigenvalue weighted by Gasteiger charge is -2.34. The Balaban J connectivity index is 1.85. The fourth-order valence-electron chi connectivity index (χ4n) is 5.10. The molecule has 45 heavy (non-hydrogen) atoms. The molecule has 4 aromatic carbocycles. The Morgan fingerprint density at radius 2 is 1.44 bits per heavy atom. The number of para-hydroxylation sites is 1. The smallest absolute Gasteiger partial charge is 0.264 e. The van der Waals surface area contributed by atoms with Gasteiger partial charge in [0, 0.05) is 35.1 Å². The summed E-state index contributed by atoms with van der Waals surface area (Å²) in [5, 5.41) is 3.51. The highest BCUT2D eigenvalue weighted by Crippen LogP contribution is 2.30. The zero-order valence-electron chi connectivity index (χ0n) is 25.5. The number of nitrogens with zero attached hydrogens (tertiary/aromatic N) is 2. The molecule has 0 aliphatic carbocycles. The Morgan fingerprint density at radius 3 is 2.07 bits per heavy atom. The molecular weight excluding hydrogens is 629 g/mol. The predicted octanol–water partition coefficient (Wildman–Crippen LogP) is 6.84. The molecule has 0 bridgehead atoms. The van der Waals surface area contributed by atoms with E-state index in [0.29, 0.717) is 34.3 Å². The van der Waals surface area contributed by atoms with Crippen molar-refractivity contribution >= 4 is 50.7 Å². The van der Waals surface area contributed by atoms with E-state index < -0.39 is 28.5 Å². The Bertz CT molecular complexity index is 1710. The van der Waals surface area contributed by atoms with Crippen LogP contribution in [-0.4, -0.2) is 44.3 Å². The van der Waals surface area contributed by atoms with Crippen molar-refractivity contribution < 1.29 is 18.0 Å². The average molecular weight is 667 g/mol. The van der Waals surface area contributed by atoms with Crippen molar-refractivity contribution in [1.29, 1.82) is 0 Å². The summed E-state index contributed by atoms with van der Waals surface area (Å²) < 4.78 is 29.7. The number of anilines is 1. The highest BCUT2D eigenvalue weighted by molar-refractivity contribution is 7.92. The maximum absolute atomic E-state index is 14.6. The van der Waals surface area contributed by atoms with Crippen molar-refractivity contribution in [2.75, 3.05) is 17.4 Å². The molecular formula is C35H37Cl2N3O4S. The van der Waals surface area contributed by atoms with E-state index in [0.717, 1.165) is 21.0 Å². The number of carbonyl (C=O) groups excluding carboxylic acids is 2. The quantitative estimate of drug-likeness (QED) is 0.170. The van der Waals surface area contributed by atoms with Crippen LogP contribution in [-0.2, 0) is 39.0 Å². The zero-order valence-corrected chi connectivity index (χ0v) is 27.9. The largest absolute Gasteiger partial charge is 0.355 e. The Morgan fingerprint density at radius 1 is 0.822 bits per heavy atom. The molecule has 0 saturated carbocycles. The summed E-state index contributed by atoms with van der Waals surface area (Å²) in [5.74, 6) is -0.959. The van der Waals surface area contributed by atoms with Gasteiger partial charge in [-0.1, -0.05) is 102 Å². The van der Waals surface area contributed by atoms with Crippen LogP contribution < -0.4 is 9.62 Å². The lowest BCUT2D eigenvalue weighted by Crippen LogP contribution is -2.53. The molecule has 0 fully saturated rings. The second-order valence-electron chi connectivity index (χ2n) is 10.6. The minimum Gasteiger partial charge on any atom is -0.355 e. The summed E-state index contributed by atoms with van der Waals surface area (Å²) in [6, 6.07) is 27.0. The third-order valence-corrected chi connectivity index (χ3v) is 10.0. The van der Waals surface area contributed by atoms with Crippen LogP contribution in [0.3, 0.4) is 0 Å². The topological polar surface area (TPSA) is 86.8 Å². The fraction of sp³-hybridized carbons (Fsp3) is 0.257. The molecule has 10 heteroatoms. The number of halogens is 2. The van der Waals surface area contributed by atoms with E-state index in [4.69, 9.17) is 23.2 Å². The van der Waals surface area contributed by atoms with Crippen molar-refractivity contribution in [3.63, 3.8) is 0 Å². The Labute approximate surface area is 275 Å². The third-order valence-electron chi connectivity index (χ3n) is 7.54. The molecule has 2 amide bonds. The molecule has 0 unspecified atom stereocenters. The van der Waals surface area contributed by atoms with Crippen LogP contribution in [0.2, 0.25) is 10.0 Å². The number of benzene rings is 4. The summed E-state index contributed by atoms with van der Waals surface area (Å²) in [7, 11) is -4.20. The number of amides is 2. The minimum atomic E-state index is -4.20. The number of sulfonamides is 1. The summed E-state index contributed by atoms with van der Waals surface area (Å²) in [4.78, 5) is 29.7. The van der Waals surface area contributed by atoms with Crippen LogP contribution in [0.25, 0.3) is 0 Å². The van der Waals surface area contributed by atoms with E-state index in [1.807, 2.05) is 56.3 Å². The van der Waals surface area contributed by atoms with E-state index in [1.54, 1.807) is 49.4 Å². The predicted molar refractivity (Wildman–Crippen MR) is 181 cm³/mol. The van der Waals surface area contributed by atoms with Crippen molar-refractivity contribution in [3.05, 3.63) is 129 Å². The molecule has 0 aliphatic heterocycles. The van der Waals surface area contributed by atoms with Crippen LogP contribution in [0.4, 0.5) is 5.69 Å². The van der Waals surface area contributed by atoms with Crippen molar-refractivity contribution in [3.8, 4) is 0 Å². The number of nitrogens with one attached hydrogen (secondary N) is 1. The number of hydrogen-bond acceptors (Lipinski definition) is 4. The highest BCUT2D eigenvalue weighted by atomic mass is 35.5. The number of likely N-dealkylation sites (N-methyl/N-ethyl adjacent to an activating group) is 1. The number of rotatable bonds is 13. The van der Waals surface area contributed by atoms with Gasteiger partial charge in [0.2, 0.25) is 11.8 Å². The van der Waals surface area contributed by atoms with Crippen LogP contribution in [0, 0.1) is 6.92 Å². The second kappa shape index (κ2) is 15.4. The van der Waals surface area contributed by atoms with Gasteiger partial charge in [-0.3, -0.25) is 13.9 Å². The summed E-state index contributed by atoms with van der Waals surface area (Å²) >= 11 is 13.1. The SMILES string of the molecule is CCNC(=O)[C@H](Cc1ccccc1)N(Cc1c(Cl)cccc1Cl)C(=O)CN(c1ccccc1CC)S(=O)(=O)c1ccc(C)cc1. The van der Waals surface area contributed by atoms with Gasteiger partial charge in [-0.25, -0.2) is 8.42 Å². The van der Waals surface area contributed by atoms with Gasteiger partial charge in [-0.15, -0.1) is 0 Å². The lowest BCUT2D eigenvalue weighted by atomic mass is 10.0. The monoisotopic (exact) mass is 665 g/mol. The molecule has 0 heterocycles. The van der Waals surface area contributed by atoms with E-state index in [1.165, 1.54) is 17.0 Å². The molecule has 7 nitrogen and oxygen atoms in total. The van der Waals surface area contributed by atoms with Gasteiger partial charge in [-0.05, 0) is 61.7 Å². The number of aryl methyl sites for hydroxylation is 2. The summed E-state index contributed by atoms with van der Waals surface area (Å²) in [6.07, 6.45) is 0.732. The van der Waals surface area contributed by atoms with Gasteiger partial charge in [-0.2, -0.15) is 0 Å². The molecule has 0 spiro atoms. The first kappa shape index (κ1) is 34.0. The number of hydrogen-bond donors (Lipinski definition) is 1. The highest BCUT2D eigenvalue weighted by Gasteiger charge is 2.35. The molecule has 4 rings (SSSR count). The van der Waals surface area contributed by atoms with Gasteiger partial charge >= 0.3 is 0 Å². The van der Waals surface area contributed by atoms with E-state index in [2.05, 4.69) is 5.32 Å². The zero-order chi connectivity index (χ0) is 32.6. The summed E-state index contributed by atoms with van der Waals surface area (Å²) in [6.45, 7) is 5.27. The van der Waals surface area contributed by atoms with Crippen LogP contribution >= 0.6 is 23.2 Å². The van der Waals surface area contributed by atoms with Crippen LogP contribution in [0.5, 0.6) is 0 Å². The first-order valence-corrected chi connectivity index (χ1v) is 17.0. The standard InChI is InChI=1S/C35H37Cl2N3O4S/c1-4-27-14-9-10-17-32(27)40(45(43,44)28-20-18-25(3)19-21-28)24-34(41)39(23-29-30(36)15-11-16-31(29)37)33(35(42)38-5-2)22-26-12-7-6-8-13-26/h6-21,33H,4-5,22-24H2,1-3H3,(H,38,42)/t33-/m0/s1.